The van der Waals surface area contributed by atoms with Gasteiger partial charge in [0.2, 0.25) is 0 Å². The summed E-state index contributed by atoms with van der Waals surface area (Å²) in [6, 6.07) is 8.13. The van der Waals surface area contributed by atoms with Crippen LogP contribution in [0.1, 0.15) is 39.2 Å². The van der Waals surface area contributed by atoms with Gasteiger partial charge in [0.05, 0.1) is 6.10 Å². The summed E-state index contributed by atoms with van der Waals surface area (Å²) in [5.74, 6) is 0.777. The maximum atomic E-state index is 6.54. The van der Waals surface area contributed by atoms with Crippen LogP contribution in [-0.2, 0) is 14.9 Å². The number of ether oxygens (including phenoxy) is 2. The molecule has 0 spiro atoms. The van der Waals surface area contributed by atoms with Gasteiger partial charge in [0.1, 0.15) is 0 Å². The maximum Gasteiger partial charge on any atom is 0.191 e. The Morgan fingerprint density at radius 3 is 2.43 bits per heavy atom. The molecule has 2 N–H and O–H groups in total. The van der Waals surface area contributed by atoms with E-state index in [4.69, 9.17) is 21.1 Å². The number of halogens is 2. The molecule has 7 heteroatoms. The van der Waals surface area contributed by atoms with Crippen LogP contribution in [0.5, 0.6) is 0 Å². The highest BCUT2D eigenvalue weighted by molar-refractivity contribution is 14.0. The molecule has 0 radical (unpaired) electrons. The first-order valence-corrected chi connectivity index (χ1v) is 10.0. The quantitative estimate of drug-likeness (QED) is 0.333. The lowest BCUT2D eigenvalue weighted by Gasteiger charge is -2.39. The molecule has 1 aliphatic rings. The Balaban J connectivity index is 0.00000392. The van der Waals surface area contributed by atoms with Crippen molar-refractivity contribution in [3.63, 3.8) is 0 Å². The Kier molecular flexibility index (Phi) is 10.5. The number of hydrogen-bond acceptors (Lipinski definition) is 3. The van der Waals surface area contributed by atoms with Crippen LogP contribution in [0.2, 0.25) is 5.02 Å². The Morgan fingerprint density at radius 2 is 1.89 bits per heavy atom. The molecule has 0 aliphatic carbocycles. The van der Waals surface area contributed by atoms with Gasteiger partial charge in [0, 0.05) is 50.9 Å². The van der Waals surface area contributed by atoms with E-state index >= 15 is 0 Å². The number of aliphatic imine (C=N–C) groups is 1. The van der Waals surface area contributed by atoms with Gasteiger partial charge in [-0.2, -0.15) is 0 Å². The minimum absolute atomic E-state index is 0. The van der Waals surface area contributed by atoms with Crippen LogP contribution < -0.4 is 10.6 Å². The third-order valence-electron chi connectivity index (χ3n) is 5.42. The normalized spacial score (nSPS) is 18.1. The lowest BCUT2D eigenvalue weighted by molar-refractivity contribution is 0.0204. The van der Waals surface area contributed by atoms with Crippen LogP contribution in [0.25, 0.3) is 0 Å². The highest BCUT2D eigenvalue weighted by Crippen LogP contribution is 2.38. The molecule has 1 saturated heterocycles. The number of rotatable bonds is 6. The summed E-state index contributed by atoms with van der Waals surface area (Å²) < 4.78 is 11.2. The van der Waals surface area contributed by atoms with Crippen LogP contribution in [0.15, 0.2) is 29.3 Å². The van der Waals surface area contributed by atoms with Crippen molar-refractivity contribution in [1.82, 2.24) is 10.6 Å². The fourth-order valence-electron chi connectivity index (χ4n) is 3.60. The number of guanidine groups is 1. The van der Waals surface area contributed by atoms with E-state index in [1.54, 1.807) is 14.2 Å². The average molecular weight is 524 g/mol. The number of hydrogen-bond donors (Lipinski definition) is 2. The zero-order chi connectivity index (χ0) is 19.9. The second kappa shape index (κ2) is 11.6. The van der Waals surface area contributed by atoms with Crippen LogP contribution in [-0.4, -0.2) is 52.5 Å². The Hall–Kier alpha value is -0.570. The first kappa shape index (κ1) is 25.5. The van der Waals surface area contributed by atoms with E-state index in [0.29, 0.717) is 6.54 Å². The van der Waals surface area contributed by atoms with E-state index in [1.165, 1.54) is 5.56 Å². The fourth-order valence-corrected chi connectivity index (χ4v) is 3.94. The van der Waals surface area contributed by atoms with Crippen molar-refractivity contribution in [2.45, 2.75) is 45.1 Å². The van der Waals surface area contributed by atoms with E-state index in [-0.39, 0.29) is 40.9 Å². The minimum Gasteiger partial charge on any atom is -0.381 e. The smallest absolute Gasteiger partial charge is 0.191 e. The monoisotopic (exact) mass is 523 g/mol. The maximum absolute atomic E-state index is 6.54. The highest BCUT2D eigenvalue weighted by atomic mass is 127. The topological polar surface area (TPSA) is 54.9 Å². The minimum atomic E-state index is -0.0566. The molecule has 0 amide bonds. The molecule has 1 atom stereocenters. The van der Waals surface area contributed by atoms with Gasteiger partial charge in [0.15, 0.2) is 5.96 Å². The molecule has 160 valence electrons. The predicted octanol–water partition coefficient (Wildman–Crippen LogP) is 4.23. The Morgan fingerprint density at radius 1 is 1.25 bits per heavy atom. The Labute approximate surface area is 192 Å². The zero-order valence-electron chi connectivity index (χ0n) is 17.7. The first-order valence-electron chi connectivity index (χ1n) is 9.62. The van der Waals surface area contributed by atoms with Crippen molar-refractivity contribution < 1.29 is 9.47 Å². The van der Waals surface area contributed by atoms with Crippen LogP contribution in [0.4, 0.5) is 0 Å². The molecule has 1 aromatic rings. The van der Waals surface area contributed by atoms with Crippen molar-refractivity contribution in [3.8, 4) is 0 Å². The van der Waals surface area contributed by atoms with Crippen molar-refractivity contribution in [2.24, 2.45) is 10.4 Å². The molecule has 0 saturated carbocycles. The van der Waals surface area contributed by atoms with Crippen molar-refractivity contribution in [2.75, 3.05) is 40.5 Å². The lowest BCUT2D eigenvalue weighted by atomic mass is 9.74. The lowest BCUT2D eigenvalue weighted by Crippen LogP contribution is -2.50. The number of nitrogens with one attached hydrogen (secondary N) is 2. The van der Waals surface area contributed by atoms with Gasteiger partial charge in [-0.15, -0.1) is 24.0 Å². The second-order valence-electron chi connectivity index (χ2n) is 8.27. The van der Waals surface area contributed by atoms with Gasteiger partial charge >= 0.3 is 0 Å². The third kappa shape index (κ3) is 6.75. The van der Waals surface area contributed by atoms with Crippen LogP contribution in [0.3, 0.4) is 0 Å². The summed E-state index contributed by atoms with van der Waals surface area (Å²) in [7, 11) is 3.54. The molecule has 0 aromatic heterocycles. The first-order chi connectivity index (χ1) is 12.8. The van der Waals surface area contributed by atoms with E-state index in [9.17, 15) is 0 Å². The Bertz CT molecular complexity index is 628. The van der Waals surface area contributed by atoms with E-state index in [0.717, 1.165) is 43.6 Å². The molecule has 1 aliphatic heterocycles. The fraction of sp³-hybridized carbons (Fsp3) is 0.667. The largest absolute Gasteiger partial charge is 0.381 e. The standard InChI is InChI=1S/C21H34ClN3O2.HI/c1-20(2,3)18(26-5)14-24-19(23-4)25-15-21(10-12-27-13-11-21)16-8-6-7-9-17(16)22;/h6-9,18H,10-15H2,1-5H3,(H2,23,24,25);1H. The summed E-state index contributed by atoms with van der Waals surface area (Å²) >= 11 is 6.54. The van der Waals surface area contributed by atoms with Crippen molar-refractivity contribution in [1.29, 1.82) is 0 Å². The van der Waals surface area contributed by atoms with E-state index in [1.807, 2.05) is 12.1 Å². The predicted molar refractivity (Wildman–Crippen MR) is 128 cm³/mol. The third-order valence-corrected chi connectivity index (χ3v) is 5.75. The second-order valence-corrected chi connectivity index (χ2v) is 8.68. The van der Waals surface area contributed by atoms with Crippen LogP contribution in [0, 0.1) is 5.41 Å². The van der Waals surface area contributed by atoms with Gasteiger partial charge in [-0.25, -0.2) is 0 Å². The molecule has 5 nitrogen and oxygen atoms in total. The van der Waals surface area contributed by atoms with Gasteiger partial charge < -0.3 is 20.1 Å². The van der Waals surface area contributed by atoms with Crippen molar-refractivity contribution in [3.05, 3.63) is 34.9 Å². The van der Waals surface area contributed by atoms with Gasteiger partial charge in [0.25, 0.3) is 0 Å². The molecule has 1 heterocycles. The average Bonchev–Trinajstić information content (AvgIpc) is 2.64. The summed E-state index contributed by atoms with van der Waals surface area (Å²) in [6.07, 6.45) is 1.96. The molecule has 1 aromatic carbocycles. The van der Waals surface area contributed by atoms with Gasteiger partial charge in [-0.05, 0) is 29.9 Å². The van der Waals surface area contributed by atoms with E-state index < -0.39 is 0 Å². The molecule has 28 heavy (non-hydrogen) atoms. The summed E-state index contributed by atoms with van der Waals surface area (Å²) in [4.78, 5) is 4.38. The van der Waals surface area contributed by atoms with E-state index in [2.05, 4.69) is 48.5 Å². The number of methoxy groups -OCH3 is 1. The molecular weight excluding hydrogens is 489 g/mol. The molecule has 1 fully saturated rings. The van der Waals surface area contributed by atoms with Crippen LogP contribution >= 0.6 is 35.6 Å². The highest BCUT2D eigenvalue weighted by Gasteiger charge is 2.36. The molecule has 2 rings (SSSR count). The van der Waals surface area contributed by atoms with Crippen molar-refractivity contribution >= 4 is 41.5 Å². The molecule has 1 unspecified atom stereocenters. The molecule has 0 bridgehead atoms. The summed E-state index contributed by atoms with van der Waals surface area (Å²) in [6.45, 7) is 9.46. The van der Waals surface area contributed by atoms with Gasteiger partial charge in [-0.1, -0.05) is 50.6 Å². The molecular formula is C21H35ClIN3O2. The number of nitrogens with zero attached hydrogens (tertiary/aromatic N) is 1. The zero-order valence-corrected chi connectivity index (χ0v) is 20.8. The summed E-state index contributed by atoms with van der Waals surface area (Å²) in [5, 5.41) is 7.72. The van der Waals surface area contributed by atoms with Gasteiger partial charge in [-0.3, -0.25) is 4.99 Å². The SMILES string of the molecule is CN=C(NCC(OC)C(C)(C)C)NCC1(c2ccccc2Cl)CCOCC1.I. The number of benzene rings is 1. The summed E-state index contributed by atoms with van der Waals surface area (Å²) in [5.41, 5.74) is 1.18.